The summed E-state index contributed by atoms with van der Waals surface area (Å²) in [4.78, 5) is 15.6. The quantitative estimate of drug-likeness (QED) is 0.203. The predicted molar refractivity (Wildman–Crippen MR) is 170 cm³/mol. The van der Waals surface area contributed by atoms with Gasteiger partial charge in [-0.1, -0.05) is 33.3 Å². The van der Waals surface area contributed by atoms with Crippen LogP contribution in [0.4, 0.5) is 5.69 Å². The van der Waals surface area contributed by atoms with Crippen LogP contribution in [-0.4, -0.2) is 64.6 Å². The topological polar surface area (TPSA) is 91.7 Å². The van der Waals surface area contributed by atoms with Gasteiger partial charge in [-0.25, -0.2) is 0 Å². The molecule has 0 saturated carbocycles. The first-order chi connectivity index (χ1) is 19.7. The fraction of sp³-hybridized carbons (Fsp3) is 0.515. The van der Waals surface area contributed by atoms with Crippen molar-refractivity contribution < 1.29 is 14.6 Å². The van der Waals surface area contributed by atoms with Gasteiger partial charge in [0, 0.05) is 49.7 Å². The fourth-order valence-corrected chi connectivity index (χ4v) is 4.50. The molecule has 3 N–H and O–H groups in total. The van der Waals surface area contributed by atoms with Gasteiger partial charge in [0.25, 0.3) is 5.91 Å². The zero-order valence-corrected chi connectivity index (χ0v) is 26.3. The van der Waals surface area contributed by atoms with Crippen LogP contribution >= 0.6 is 0 Å². The molecule has 8 heteroatoms. The number of carbonyl (C=O) groups excluding carboxylic acids is 1. The fourth-order valence-electron chi connectivity index (χ4n) is 4.50. The highest BCUT2D eigenvalue weighted by Crippen LogP contribution is 2.30. The Morgan fingerprint density at radius 1 is 1.07 bits per heavy atom. The number of ether oxygens (including phenoxy) is 1. The monoisotopic (exact) mass is 565 g/mol. The zero-order valence-electron chi connectivity index (χ0n) is 26.3. The number of aliphatic hydroxyl groups excluding tert-OH is 1. The zero-order chi connectivity index (χ0) is 30.4. The maximum absolute atomic E-state index is 13.4. The summed E-state index contributed by atoms with van der Waals surface area (Å²) in [6.45, 7) is 17.5. The molecule has 0 fully saturated rings. The lowest BCUT2D eigenvalue weighted by atomic mass is 10.0. The Morgan fingerprint density at radius 3 is 2.46 bits per heavy atom. The lowest BCUT2D eigenvalue weighted by molar-refractivity contribution is 0.0939. The Bertz CT molecular complexity index is 1210. The van der Waals surface area contributed by atoms with Crippen molar-refractivity contribution in [3.8, 4) is 16.9 Å². The number of aryl methyl sites for hydroxylation is 2. The smallest absolute Gasteiger partial charge is 0.252 e. The minimum Gasteiger partial charge on any atom is -0.491 e. The van der Waals surface area contributed by atoms with E-state index in [4.69, 9.17) is 4.74 Å². The second-order valence-electron chi connectivity index (χ2n) is 10.4. The first-order valence-electron chi connectivity index (χ1n) is 15.0. The maximum atomic E-state index is 13.4. The maximum Gasteiger partial charge on any atom is 0.252 e. The van der Waals surface area contributed by atoms with Gasteiger partial charge in [-0.15, -0.1) is 0 Å². The van der Waals surface area contributed by atoms with Crippen molar-refractivity contribution >= 4 is 11.6 Å². The molecule has 0 aliphatic carbocycles. The van der Waals surface area contributed by atoms with Crippen molar-refractivity contribution in [2.75, 3.05) is 38.1 Å². The Balaban J connectivity index is 0.00000287. The molecule has 0 aliphatic rings. The van der Waals surface area contributed by atoms with Gasteiger partial charge in [-0.05, 0) is 87.7 Å². The van der Waals surface area contributed by atoms with E-state index in [1.807, 2.05) is 91.3 Å². The molecule has 8 nitrogen and oxygen atoms in total. The van der Waals surface area contributed by atoms with Crippen LogP contribution < -0.4 is 15.4 Å². The number of hydrogen-bond acceptors (Lipinski definition) is 6. The molecule has 226 valence electrons. The minimum atomic E-state index is -0.231. The first kappa shape index (κ1) is 33.8. The number of aliphatic hydroxyl groups is 1. The second-order valence-corrected chi connectivity index (χ2v) is 10.4. The van der Waals surface area contributed by atoms with Gasteiger partial charge >= 0.3 is 0 Å². The van der Waals surface area contributed by atoms with Crippen molar-refractivity contribution in [2.45, 2.75) is 73.5 Å². The van der Waals surface area contributed by atoms with Crippen molar-refractivity contribution in [1.82, 2.24) is 20.0 Å². The van der Waals surface area contributed by atoms with E-state index < -0.39 is 0 Å². The number of benzene rings is 2. The van der Waals surface area contributed by atoms with E-state index in [2.05, 4.69) is 33.6 Å². The van der Waals surface area contributed by atoms with Crippen molar-refractivity contribution in [3.05, 3.63) is 65.5 Å². The van der Waals surface area contributed by atoms with Crippen LogP contribution in [0.25, 0.3) is 11.1 Å². The number of hydrogen-bond donors (Lipinski definition) is 3. The molecule has 1 amide bonds. The molecule has 0 spiro atoms. The summed E-state index contributed by atoms with van der Waals surface area (Å²) in [5.41, 5.74) is 5.42. The van der Waals surface area contributed by atoms with Crippen molar-refractivity contribution in [2.24, 2.45) is 7.05 Å². The second kappa shape index (κ2) is 17.5. The third-order valence-corrected chi connectivity index (χ3v) is 6.67. The Kier molecular flexibility index (Phi) is 14.4. The van der Waals surface area contributed by atoms with Crippen LogP contribution in [0.3, 0.4) is 0 Å². The van der Waals surface area contributed by atoms with Gasteiger partial charge in [-0.2, -0.15) is 5.10 Å². The van der Waals surface area contributed by atoms with Crippen LogP contribution in [0, 0.1) is 6.92 Å². The van der Waals surface area contributed by atoms with Gasteiger partial charge in [0.2, 0.25) is 0 Å². The number of anilines is 1. The SMILES string of the molecule is CC.CCCCN(CCO)CCNc1ccc(C)c(C(=O)NC(C)c2cc(OC(C)C)cc(-c3cnn(C)c3)c2)c1. The summed E-state index contributed by atoms with van der Waals surface area (Å²) in [7, 11) is 1.89. The van der Waals surface area contributed by atoms with Gasteiger partial charge in [0.1, 0.15) is 5.75 Å². The van der Waals surface area contributed by atoms with Crippen LogP contribution in [0.1, 0.15) is 81.9 Å². The number of amides is 1. The number of nitrogens with one attached hydrogen (secondary N) is 2. The molecule has 0 aliphatic heterocycles. The van der Waals surface area contributed by atoms with Crippen LogP contribution in [0.5, 0.6) is 5.75 Å². The minimum absolute atomic E-state index is 0.0344. The van der Waals surface area contributed by atoms with E-state index in [1.54, 1.807) is 4.68 Å². The predicted octanol–water partition coefficient (Wildman–Crippen LogP) is 6.21. The standard InChI is InChI=1S/C31H45N5O3.C2H6/c1-7-8-12-36(14-15-37)13-11-32-28-10-9-23(4)30(19-28)31(38)34-24(5)25-16-26(27-20-33-35(6)21-27)18-29(17-25)39-22(2)3;1-2/h9-10,16-22,24,32,37H,7-8,11-15H2,1-6H3,(H,34,38);1-2H3. The normalized spacial score (nSPS) is 11.7. The van der Waals surface area contributed by atoms with Gasteiger partial charge < -0.3 is 20.5 Å². The van der Waals surface area contributed by atoms with E-state index in [-0.39, 0.29) is 24.7 Å². The Labute approximate surface area is 247 Å². The number of carbonyl (C=O) groups is 1. The van der Waals surface area contributed by atoms with Gasteiger partial charge in [-0.3, -0.25) is 14.4 Å². The van der Waals surface area contributed by atoms with Gasteiger partial charge in [0.05, 0.1) is 24.9 Å². The first-order valence-corrected chi connectivity index (χ1v) is 15.0. The molecule has 41 heavy (non-hydrogen) atoms. The van der Waals surface area contributed by atoms with Crippen molar-refractivity contribution in [3.63, 3.8) is 0 Å². The van der Waals surface area contributed by atoms with E-state index in [1.165, 1.54) is 0 Å². The molecular formula is C33H51N5O3. The van der Waals surface area contributed by atoms with E-state index in [9.17, 15) is 9.90 Å². The van der Waals surface area contributed by atoms with E-state index in [0.29, 0.717) is 12.1 Å². The van der Waals surface area contributed by atoms with E-state index >= 15 is 0 Å². The average molecular weight is 566 g/mol. The lowest BCUT2D eigenvalue weighted by Crippen LogP contribution is -2.32. The number of nitrogens with zero attached hydrogens (tertiary/aromatic N) is 3. The molecule has 0 bridgehead atoms. The Hall–Kier alpha value is -3.36. The summed E-state index contributed by atoms with van der Waals surface area (Å²) in [5.74, 6) is 0.644. The highest BCUT2D eigenvalue weighted by Gasteiger charge is 2.17. The number of rotatable bonds is 15. The molecule has 2 aromatic carbocycles. The third-order valence-electron chi connectivity index (χ3n) is 6.67. The summed E-state index contributed by atoms with van der Waals surface area (Å²) in [6.07, 6.45) is 6.08. The van der Waals surface area contributed by atoms with Crippen molar-refractivity contribution in [1.29, 1.82) is 0 Å². The summed E-state index contributed by atoms with van der Waals surface area (Å²) in [6, 6.07) is 11.7. The summed E-state index contributed by atoms with van der Waals surface area (Å²) < 4.78 is 7.80. The molecule has 1 unspecified atom stereocenters. The molecule has 3 aromatic rings. The number of aromatic nitrogens is 2. The van der Waals surface area contributed by atoms with Crippen LogP contribution in [0.2, 0.25) is 0 Å². The molecular weight excluding hydrogens is 514 g/mol. The third kappa shape index (κ3) is 10.9. The van der Waals surface area contributed by atoms with Crippen LogP contribution in [-0.2, 0) is 7.05 Å². The lowest BCUT2D eigenvalue weighted by Gasteiger charge is -2.22. The molecule has 1 heterocycles. The molecule has 0 radical (unpaired) electrons. The molecule has 0 saturated heterocycles. The Morgan fingerprint density at radius 2 is 1.83 bits per heavy atom. The number of unbranched alkanes of at least 4 members (excludes halogenated alkanes) is 1. The summed E-state index contributed by atoms with van der Waals surface area (Å²) >= 11 is 0. The van der Waals surface area contributed by atoms with Gasteiger partial charge in [0.15, 0.2) is 0 Å². The highest BCUT2D eigenvalue weighted by atomic mass is 16.5. The van der Waals surface area contributed by atoms with E-state index in [0.717, 1.165) is 66.2 Å². The highest BCUT2D eigenvalue weighted by molar-refractivity contribution is 5.96. The van der Waals surface area contributed by atoms with Crippen LogP contribution in [0.15, 0.2) is 48.8 Å². The average Bonchev–Trinajstić information content (AvgIpc) is 3.39. The summed E-state index contributed by atoms with van der Waals surface area (Å²) in [5, 5.41) is 20.3. The molecule has 1 aromatic heterocycles. The molecule has 3 rings (SSSR count). The molecule has 1 atom stereocenters. The largest absolute Gasteiger partial charge is 0.491 e.